The molecule has 2 aliphatic rings. The van der Waals surface area contributed by atoms with E-state index < -0.39 is 23.7 Å². The summed E-state index contributed by atoms with van der Waals surface area (Å²) in [5, 5.41) is 3.04. The van der Waals surface area contributed by atoms with Gasteiger partial charge >= 0.3 is 12.1 Å². The zero-order chi connectivity index (χ0) is 39.4. The van der Waals surface area contributed by atoms with Crippen molar-refractivity contribution in [3.63, 3.8) is 0 Å². The molecule has 1 aliphatic heterocycles. The molecule has 3 amide bonds. The van der Waals surface area contributed by atoms with Crippen LogP contribution in [-0.2, 0) is 32.2 Å². The zero-order valence-electron chi connectivity index (χ0n) is 33.0. The maximum absolute atomic E-state index is 13.9. The van der Waals surface area contributed by atoms with Crippen LogP contribution in [0.4, 0.5) is 4.79 Å². The van der Waals surface area contributed by atoms with Crippen LogP contribution in [0, 0.1) is 5.92 Å². The summed E-state index contributed by atoms with van der Waals surface area (Å²) in [7, 11) is 1.58. The van der Waals surface area contributed by atoms with Gasteiger partial charge in [0.1, 0.15) is 36.3 Å². The van der Waals surface area contributed by atoms with Crippen LogP contribution < -0.4 is 14.8 Å². The number of hydrogen-bond acceptors (Lipinski definition) is 8. The van der Waals surface area contributed by atoms with Gasteiger partial charge in [0.15, 0.2) is 0 Å². The minimum absolute atomic E-state index is 0.0118. The number of ether oxygens (including phenoxy) is 4. The molecule has 11 heteroatoms. The van der Waals surface area contributed by atoms with Crippen molar-refractivity contribution >= 4 is 23.9 Å². The van der Waals surface area contributed by atoms with Gasteiger partial charge in [-0.3, -0.25) is 14.5 Å². The molecule has 3 aromatic rings. The quantitative estimate of drug-likeness (QED) is 0.167. The molecule has 0 bridgehead atoms. The first kappa shape index (κ1) is 41.1. The van der Waals surface area contributed by atoms with E-state index in [0.717, 1.165) is 61.6 Å². The van der Waals surface area contributed by atoms with Crippen LogP contribution in [0.1, 0.15) is 106 Å². The number of carbonyl (C=O) groups is 4. The largest absolute Gasteiger partial charge is 0.497 e. The van der Waals surface area contributed by atoms with E-state index in [2.05, 4.69) is 5.32 Å². The van der Waals surface area contributed by atoms with E-state index in [1.54, 1.807) is 51.0 Å². The number of nitrogens with one attached hydrogen (secondary N) is 1. The molecule has 1 unspecified atom stereocenters. The number of nitrogens with zero attached hydrogens (tertiary/aromatic N) is 2. The van der Waals surface area contributed by atoms with Gasteiger partial charge in [-0.1, -0.05) is 61.7 Å². The fourth-order valence-electron chi connectivity index (χ4n) is 7.35. The van der Waals surface area contributed by atoms with Gasteiger partial charge in [-0.05, 0) is 94.7 Å². The third kappa shape index (κ3) is 12.0. The minimum Gasteiger partial charge on any atom is -0.497 e. The molecule has 1 saturated heterocycles. The Kier molecular flexibility index (Phi) is 14.6. The topological polar surface area (TPSA) is 124 Å². The Balaban J connectivity index is 1.27. The number of methoxy groups -OCH3 is 1. The summed E-state index contributed by atoms with van der Waals surface area (Å²) in [6.45, 7) is 8.76. The molecule has 1 heterocycles. The summed E-state index contributed by atoms with van der Waals surface area (Å²) in [5.41, 5.74) is 2.26. The molecule has 296 valence electrons. The van der Waals surface area contributed by atoms with Gasteiger partial charge in [0.25, 0.3) is 5.91 Å². The molecule has 0 spiro atoms. The van der Waals surface area contributed by atoms with Crippen LogP contribution in [0.3, 0.4) is 0 Å². The van der Waals surface area contributed by atoms with Gasteiger partial charge in [0.2, 0.25) is 5.91 Å². The van der Waals surface area contributed by atoms with Gasteiger partial charge in [0.05, 0.1) is 20.3 Å². The SMILES string of the molecule is CCOc1cc(OC)ccc1CN(CC(=O)N1CCCC(c2cccc(C(=O)N[C@H](C(=O)OCc3ccccc3)C3CCCCC3)c2)C1)C(=O)OC(C)(C)C. The molecule has 1 N–H and O–H groups in total. The van der Waals surface area contributed by atoms with E-state index in [9.17, 15) is 19.2 Å². The van der Waals surface area contributed by atoms with E-state index in [0.29, 0.717) is 36.8 Å². The highest BCUT2D eigenvalue weighted by molar-refractivity contribution is 5.97. The van der Waals surface area contributed by atoms with Gasteiger partial charge < -0.3 is 29.2 Å². The van der Waals surface area contributed by atoms with Crippen molar-refractivity contribution in [3.05, 3.63) is 95.1 Å². The first-order valence-corrected chi connectivity index (χ1v) is 19.6. The second kappa shape index (κ2) is 19.5. The molecular formula is C44H57N3O8. The number of carbonyl (C=O) groups excluding carboxylic acids is 4. The number of hydrogen-bond donors (Lipinski definition) is 1. The third-order valence-electron chi connectivity index (χ3n) is 10.2. The Morgan fingerprint density at radius 2 is 1.67 bits per heavy atom. The van der Waals surface area contributed by atoms with E-state index in [1.165, 1.54) is 4.90 Å². The van der Waals surface area contributed by atoms with E-state index >= 15 is 0 Å². The molecule has 55 heavy (non-hydrogen) atoms. The summed E-state index contributed by atoms with van der Waals surface area (Å²) in [6, 6.07) is 21.6. The van der Waals surface area contributed by atoms with Crippen LogP contribution in [0.5, 0.6) is 11.5 Å². The lowest BCUT2D eigenvalue weighted by Crippen LogP contribution is -2.47. The average Bonchev–Trinajstić information content (AvgIpc) is 3.19. The van der Waals surface area contributed by atoms with Crippen LogP contribution in [0.2, 0.25) is 0 Å². The maximum Gasteiger partial charge on any atom is 0.411 e. The number of likely N-dealkylation sites (tertiary alicyclic amines) is 1. The monoisotopic (exact) mass is 755 g/mol. The molecule has 2 atom stereocenters. The molecule has 0 radical (unpaired) electrons. The molecule has 3 aromatic carbocycles. The van der Waals surface area contributed by atoms with Gasteiger partial charge in [-0.2, -0.15) is 0 Å². The number of piperidine rings is 1. The van der Waals surface area contributed by atoms with Crippen molar-refractivity contribution < 1.29 is 38.1 Å². The Hall–Kier alpha value is -5.06. The normalized spacial score (nSPS) is 16.7. The highest BCUT2D eigenvalue weighted by Gasteiger charge is 2.34. The zero-order valence-corrected chi connectivity index (χ0v) is 33.0. The molecule has 5 rings (SSSR count). The minimum atomic E-state index is -0.756. The second-order valence-electron chi connectivity index (χ2n) is 15.5. The molecular weight excluding hydrogens is 698 g/mol. The maximum atomic E-state index is 13.9. The summed E-state index contributed by atoms with van der Waals surface area (Å²) in [6.07, 6.45) is 5.87. The van der Waals surface area contributed by atoms with Crippen molar-refractivity contribution in [2.75, 3.05) is 33.4 Å². The Morgan fingerprint density at radius 1 is 0.909 bits per heavy atom. The van der Waals surface area contributed by atoms with Gasteiger partial charge in [0, 0.05) is 36.2 Å². The summed E-state index contributed by atoms with van der Waals surface area (Å²) < 4.78 is 22.7. The van der Waals surface area contributed by atoms with Crippen molar-refractivity contribution in [1.29, 1.82) is 0 Å². The highest BCUT2D eigenvalue weighted by Crippen LogP contribution is 2.31. The van der Waals surface area contributed by atoms with Crippen LogP contribution in [0.15, 0.2) is 72.8 Å². The summed E-state index contributed by atoms with van der Waals surface area (Å²) >= 11 is 0. The lowest BCUT2D eigenvalue weighted by Gasteiger charge is -2.35. The smallest absolute Gasteiger partial charge is 0.411 e. The second-order valence-corrected chi connectivity index (χ2v) is 15.5. The number of rotatable bonds is 14. The van der Waals surface area contributed by atoms with E-state index in [4.69, 9.17) is 18.9 Å². The van der Waals surface area contributed by atoms with Crippen molar-refractivity contribution in [2.24, 2.45) is 5.92 Å². The van der Waals surface area contributed by atoms with Crippen molar-refractivity contribution in [1.82, 2.24) is 15.1 Å². The Bertz CT molecular complexity index is 1750. The standard InChI is InChI=1S/C44H57N3O8/c1-6-53-38-26-37(52-5)23-22-36(38)28-47(43(51)55-44(2,3)4)29-39(48)46-24-14-21-35(27-46)33-19-13-20-34(25-33)41(49)45-40(32-17-11-8-12-18-32)42(50)54-30-31-15-9-7-10-16-31/h7,9-10,13,15-16,19-20,22-23,25-26,32,35,40H,6,8,11-12,14,17-18,21,24,27-30H2,1-5H3,(H,45,49)/t35?,40-/m0/s1. The Morgan fingerprint density at radius 3 is 2.38 bits per heavy atom. The highest BCUT2D eigenvalue weighted by atomic mass is 16.6. The first-order chi connectivity index (χ1) is 26.4. The number of esters is 1. The molecule has 1 saturated carbocycles. The van der Waals surface area contributed by atoms with E-state index in [-0.39, 0.29) is 43.3 Å². The molecule has 11 nitrogen and oxygen atoms in total. The Labute approximate surface area is 325 Å². The van der Waals surface area contributed by atoms with Crippen LogP contribution in [0.25, 0.3) is 0 Å². The first-order valence-electron chi connectivity index (χ1n) is 19.6. The van der Waals surface area contributed by atoms with Crippen molar-refractivity contribution in [2.45, 2.75) is 103 Å². The van der Waals surface area contributed by atoms with Crippen LogP contribution in [-0.4, -0.2) is 78.7 Å². The lowest BCUT2D eigenvalue weighted by molar-refractivity contribution is -0.149. The van der Waals surface area contributed by atoms with E-state index in [1.807, 2.05) is 61.5 Å². The van der Waals surface area contributed by atoms with Crippen LogP contribution >= 0.6 is 0 Å². The summed E-state index contributed by atoms with van der Waals surface area (Å²) in [5.74, 6) is 0.256. The average molecular weight is 756 g/mol. The van der Waals surface area contributed by atoms with Gasteiger partial charge in [-0.15, -0.1) is 0 Å². The number of amides is 3. The predicted molar refractivity (Wildman–Crippen MR) is 210 cm³/mol. The summed E-state index contributed by atoms with van der Waals surface area (Å²) in [4.78, 5) is 57.8. The third-order valence-corrected chi connectivity index (χ3v) is 10.2. The fourth-order valence-corrected chi connectivity index (χ4v) is 7.35. The molecule has 2 fully saturated rings. The molecule has 1 aliphatic carbocycles. The van der Waals surface area contributed by atoms with Crippen molar-refractivity contribution in [3.8, 4) is 11.5 Å². The molecule has 0 aromatic heterocycles. The fraction of sp³-hybridized carbons (Fsp3) is 0.500. The van der Waals surface area contributed by atoms with Gasteiger partial charge in [-0.25, -0.2) is 9.59 Å². The lowest BCUT2D eigenvalue weighted by atomic mass is 9.83. The predicted octanol–water partition coefficient (Wildman–Crippen LogP) is 7.66. The number of benzene rings is 3.